The number of hydrogen-bond donors (Lipinski definition) is 2. The maximum Gasteiger partial charge on any atom is 0.253 e. The fourth-order valence-corrected chi connectivity index (χ4v) is 3.32. The van der Waals surface area contributed by atoms with Crippen LogP contribution in [0.5, 0.6) is 0 Å². The molecule has 2 N–H and O–H groups in total. The van der Waals surface area contributed by atoms with Gasteiger partial charge in [-0.15, -0.1) is 24.0 Å². The Morgan fingerprint density at radius 3 is 2.27 bits per heavy atom. The molecule has 0 heterocycles. The molecule has 1 atom stereocenters. The van der Waals surface area contributed by atoms with E-state index in [-0.39, 0.29) is 36.0 Å². The Hall–Kier alpha value is -2.13. The van der Waals surface area contributed by atoms with Gasteiger partial charge in [0.05, 0.1) is 12.6 Å². The van der Waals surface area contributed by atoms with Gasteiger partial charge in [-0.2, -0.15) is 0 Å². The number of halogens is 1. The van der Waals surface area contributed by atoms with Gasteiger partial charge >= 0.3 is 0 Å². The van der Waals surface area contributed by atoms with Gasteiger partial charge < -0.3 is 20.3 Å². The van der Waals surface area contributed by atoms with E-state index in [1.54, 1.807) is 0 Å². The van der Waals surface area contributed by atoms with Crippen molar-refractivity contribution in [2.45, 2.75) is 46.8 Å². The number of nitrogens with zero attached hydrogens (tertiary/aromatic N) is 2. The zero-order chi connectivity index (χ0) is 23.2. The Morgan fingerprint density at radius 2 is 1.67 bits per heavy atom. The first-order valence-corrected chi connectivity index (χ1v) is 11.7. The van der Waals surface area contributed by atoms with Crippen molar-refractivity contribution in [1.29, 1.82) is 0 Å². The Bertz CT molecular complexity index is 824. The molecule has 0 aromatic heterocycles. The zero-order valence-corrected chi connectivity index (χ0v) is 22.7. The Kier molecular flexibility index (Phi) is 14.4. The molecule has 0 radical (unpaired) electrons. The van der Waals surface area contributed by atoms with Crippen LogP contribution < -0.4 is 10.6 Å². The minimum absolute atomic E-state index is 0. The Balaban J connectivity index is 0.00000544. The highest BCUT2D eigenvalue weighted by Gasteiger charge is 2.11. The molecule has 1 amide bonds. The van der Waals surface area contributed by atoms with E-state index in [0.717, 1.165) is 49.7 Å². The zero-order valence-electron chi connectivity index (χ0n) is 20.3. The van der Waals surface area contributed by atoms with E-state index in [9.17, 15) is 4.79 Å². The lowest BCUT2D eigenvalue weighted by Gasteiger charge is -2.18. The Morgan fingerprint density at radius 1 is 1.00 bits per heavy atom. The summed E-state index contributed by atoms with van der Waals surface area (Å²) in [5, 5.41) is 6.64. The third-order valence-electron chi connectivity index (χ3n) is 5.27. The highest BCUT2D eigenvalue weighted by Crippen LogP contribution is 2.15. The molecule has 0 bridgehead atoms. The standard InChI is InChI=1S/C26H38N4O2.HI/c1-5-27-26(28-18-11-19-32-21(4)23-12-9-8-10-13-23)29-20-22-14-16-24(17-15-22)25(31)30(6-2)7-3;/h8-10,12-17,21H,5-7,11,18-20H2,1-4H3,(H2,27,28,29);1H. The number of aliphatic imine (C=N–C) groups is 1. The van der Waals surface area contributed by atoms with E-state index in [2.05, 4.69) is 41.6 Å². The third kappa shape index (κ3) is 10.1. The first-order valence-electron chi connectivity index (χ1n) is 11.7. The fraction of sp³-hybridized carbons (Fsp3) is 0.462. The summed E-state index contributed by atoms with van der Waals surface area (Å²) in [5.41, 5.74) is 2.98. The smallest absolute Gasteiger partial charge is 0.253 e. The molecule has 0 aliphatic rings. The largest absolute Gasteiger partial charge is 0.374 e. The molecule has 0 fully saturated rings. The second kappa shape index (κ2) is 16.5. The molecule has 182 valence electrons. The van der Waals surface area contributed by atoms with E-state index in [1.807, 2.05) is 61.2 Å². The highest BCUT2D eigenvalue weighted by atomic mass is 127. The minimum atomic E-state index is 0. The molecule has 33 heavy (non-hydrogen) atoms. The summed E-state index contributed by atoms with van der Waals surface area (Å²) in [6.45, 7) is 12.4. The number of hydrogen-bond acceptors (Lipinski definition) is 3. The topological polar surface area (TPSA) is 66.0 Å². The lowest BCUT2D eigenvalue weighted by atomic mass is 10.1. The summed E-state index contributed by atoms with van der Waals surface area (Å²) in [5.74, 6) is 0.857. The van der Waals surface area contributed by atoms with E-state index in [4.69, 9.17) is 4.74 Å². The van der Waals surface area contributed by atoms with Gasteiger partial charge in [0.15, 0.2) is 5.96 Å². The van der Waals surface area contributed by atoms with Crippen LogP contribution in [0.25, 0.3) is 0 Å². The van der Waals surface area contributed by atoms with Crippen LogP contribution >= 0.6 is 24.0 Å². The average molecular weight is 567 g/mol. The van der Waals surface area contributed by atoms with Crippen molar-refractivity contribution >= 4 is 35.8 Å². The van der Waals surface area contributed by atoms with Gasteiger partial charge in [0.1, 0.15) is 0 Å². The number of nitrogens with one attached hydrogen (secondary N) is 2. The molecule has 7 heteroatoms. The second-order valence-corrected chi connectivity index (χ2v) is 7.57. The molecular formula is C26H39IN4O2. The summed E-state index contributed by atoms with van der Waals surface area (Å²) in [4.78, 5) is 18.9. The molecule has 6 nitrogen and oxygen atoms in total. The molecule has 0 saturated carbocycles. The van der Waals surface area contributed by atoms with Crippen molar-refractivity contribution in [3.05, 3.63) is 71.3 Å². The van der Waals surface area contributed by atoms with Gasteiger partial charge in [0.2, 0.25) is 0 Å². The van der Waals surface area contributed by atoms with Crippen LogP contribution in [-0.2, 0) is 11.3 Å². The van der Waals surface area contributed by atoms with Crippen LogP contribution in [0.1, 0.15) is 61.7 Å². The SMILES string of the molecule is CCNC(=NCc1ccc(C(=O)N(CC)CC)cc1)NCCCOC(C)c1ccccc1.I. The quantitative estimate of drug-likeness (QED) is 0.164. The van der Waals surface area contributed by atoms with Crippen molar-refractivity contribution < 1.29 is 9.53 Å². The van der Waals surface area contributed by atoms with Gasteiger partial charge in [0, 0.05) is 38.3 Å². The summed E-state index contributed by atoms with van der Waals surface area (Å²) < 4.78 is 5.93. The lowest BCUT2D eigenvalue weighted by molar-refractivity contribution is 0.0646. The van der Waals surface area contributed by atoms with Crippen LogP contribution in [0, 0.1) is 0 Å². The summed E-state index contributed by atoms with van der Waals surface area (Å²) in [6, 6.07) is 18.0. The van der Waals surface area contributed by atoms with Crippen LogP contribution in [-0.4, -0.2) is 49.6 Å². The van der Waals surface area contributed by atoms with Gasteiger partial charge in [-0.05, 0) is 57.4 Å². The van der Waals surface area contributed by atoms with E-state index in [0.29, 0.717) is 13.2 Å². The van der Waals surface area contributed by atoms with Gasteiger partial charge in [-0.3, -0.25) is 4.79 Å². The summed E-state index contributed by atoms with van der Waals surface area (Å²) in [6.07, 6.45) is 0.985. The number of ether oxygens (including phenoxy) is 1. The van der Waals surface area contributed by atoms with Crippen molar-refractivity contribution in [2.24, 2.45) is 4.99 Å². The molecule has 2 rings (SSSR count). The minimum Gasteiger partial charge on any atom is -0.374 e. The first kappa shape index (κ1) is 28.9. The number of rotatable bonds is 12. The van der Waals surface area contributed by atoms with Crippen LogP contribution in [0.2, 0.25) is 0 Å². The Labute approximate surface area is 216 Å². The van der Waals surface area contributed by atoms with Crippen molar-refractivity contribution in [2.75, 3.05) is 32.8 Å². The van der Waals surface area contributed by atoms with Crippen LogP contribution in [0.4, 0.5) is 0 Å². The number of guanidine groups is 1. The van der Waals surface area contributed by atoms with Crippen molar-refractivity contribution in [1.82, 2.24) is 15.5 Å². The molecule has 0 aliphatic carbocycles. The van der Waals surface area contributed by atoms with Gasteiger partial charge in [-0.25, -0.2) is 4.99 Å². The number of carbonyl (C=O) groups excluding carboxylic acids is 1. The van der Waals surface area contributed by atoms with Gasteiger partial charge in [-0.1, -0.05) is 42.5 Å². The predicted octanol–water partition coefficient (Wildman–Crippen LogP) is 5.01. The average Bonchev–Trinajstić information content (AvgIpc) is 2.83. The fourth-order valence-electron chi connectivity index (χ4n) is 3.32. The predicted molar refractivity (Wildman–Crippen MR) is 147 cm³/mol. The molecule has 2 aromatic rings. The maximum absolute atomic E-state index is 12.4. The van der Waals surface area contributed by atoms with Crippen LogP contribution in [0.3, 0.4) is 0 Å². The van der Waals surface area contributed by atoms with Crippen molar-refractivity contribution in [3.63, 3.8) is 0 Å². The van der Waals surface area contributed by atoms with Crippen molar-refractivity contribution in [3.8, 4) is 0 Å². The molecule has 1 unspecified atom stereocenters. The first-order chi connectivity index (χ1) is 15.6. The molecule has 0 aliphatic heterocycles. The number of benzene rings is 2. The summed E-state index contributed by atoms with van der Waals surface area (Å²) >= 11 is 0. The van der Waals surface area contributed by atoms with Crippen LogP contribution in [0.15, 0.2) is 59.6 Å². The summed E-state index contributed by atoms with van der Waals surface area (Å²) in [7, 11) is 0. The lowest BCUT2D eigenvalue weighted by Crippen LogP contribution is -2.38. The molecular weight excluding hydrogens is 527 g/mol. The monoisotopic (exact) mass is 566 g/mol. The number of carbonyl (C=O) groups is 1. The van der Waals surface area contributed by atoms with Gasteiger partial charge in [0.25, 0.3) is 5.91 Å². The van der Waals surface area contributed by atoms with E-state index in [1.165, 1.54) is 5.56 Å². The molecule has 2 aromatic carbocycles. The molecule has 0 spiro atoms. The molecule has 0 saturated heterocycles. The normalized spacial score (nSPS) is 11.9. The second-order valence-electron chi connectivity index (χ2n) is 7.57. The third-order valence-corrected chi connectivity index (χ3v) is 5.27. The van der Waals surface area contributed by atoms with E-state index < -0.39 is 0 Å². The van der Waals surface area contributed by atoms with E-state index >= 15 is 0 Å². The maximum atomic E-state index is 12.4. The highest BCUT2D eigenvalue weighted by molar-refractivity contribution is 14.0. The number of amides is 1.